The van der Waals surface area contributed by atoms with Gasteiger partial charge in [0.1, 0.15) is 0 Å². The molecule has 0 aromatic rings. The van der Waals surface area contributed by atoms with E-state index in [2.05, 4.69) is 13.2 Å². The second-order valence-corrected chi connectivity index (χ2v) is 2.48. The molecule has 0 N–H and O–H groups in total. The Balaban J connectivity index is 3.84. The summed E-state index contributed by atoms with van der Waals surface area (Å²) in [5, 5.41) is 0. The third-order valence-electron chi connectivity index (χ3n) is 1.34. The van der Waals surface area contributed by atoms with Gasteiger partial charge < -0.3 is 9.47 Å². The molecule has 3 nitrogen and oxygen atoms in total. The highest BCUT2D eigenvalue weighted by molar-refractivity contribution is 5.81. The molecular weight excluding hydrogens is 168 g/mol. The molecule has 0 heterocycles. The van der Waals surface area contributed by atoms with Crippen LogP contribution in [-0.4, -0.2) is 18.9 Å². The van der Waals surface area contributed by atoms with Crippen molar-refractivity contribution in [3.63, 3.8) is 0 Å². The van der Waals surface area contributed by atoms with Gasteiger partial charge in [0.25, 0.3) is 0 Å². The van der Waals surface area contributed by atoms with Gasteiger partial charge in [-0.1, -0.05) is 26.0 Å². The van der Waals surface area contributed by atoms with Gasteiger partial charge in [0.15, 0.2) is 0 Å². The van der Waals surface area contributed by atoms with Gasteiger partial charge in [0, 0.05) is 12.5 Å². The lowest BCUT2D eigenvalue weighted by Gasteiger charge is -2.15. The fourth-order valence-electron chi connectivity index (χ4n) is 0.765. The van der Waals surface area contributed by atoms with Crippen LogP contribution in [0, 0.1) is 0 Å². The van der Waals surface area contributed by atoms with Crippen LogP contribution in [0.4, 0.5) is 0 Å². The lowest BCUT2D eigenvalue weighted by atomic mass is 10.3. The second kappa shape index (κ2) is 7.55. The average molecular weight is 184 g/mol. The van der Waals surface area contributed by atoms with Crippen molar-refractivity contribution in [3.05, 3.63) is 25.3 Å². The molecule has 0 rings (SSSR count). The molecular formula is C10H16O3. The summed E-state index contributed by atoms with van der Waals surface area (Å²) in [5.41, 5.74) is 0. The van der Waals surface area contributed by atoms with E-state index in [4.69, 9.17) is 9.47 Å². The van der Waals surface area contributed by atoms with E-state index in [1.807, 2.05) is 6.92 Å². The van der Waals surface area contributed by atoms with E-state index < -0.39 is 12.3 Å². The molecule has 1 unspecified atom stereocenters. The number of hydrogen-bond acceptors (Lipinski definition) is 3. The van der Waals surface area contributed by atoms with E-state index in [1.165, 1.54) is 0 Å². The van der Waals surface area contributed by atoms with Crippen molar-refractivity contribution >= 4 is 5.97 Å². The van der Waals surface area contributed by atoms with Crippen molar-refractivity contribution in [1.82, 2.24) is 0 Å². The SMILES string of the molecule is C=CCOC(CCC)OC(=O)C=C. The molecule has 0 aliphatic rings. The maximum atomic E-state index is 10.8. The average Bonchev–Trinajstić information content (AvgIpc) is 2.14. The Morgan fingerprint density at radius 1 is 1.54 bits per heavy atom. The Bertz CT molecular complexity index is 175. The Hall–Kier alpha value is -1.09. The highest BCUT2D eigenvalue weighted by Crippen LogP contribution is 2.04. The van der Waals surface area contributed by atoms with Gasteiger partial charge in [-0.25, -0.2) is 4.79 Å². The molecule has 0 aromatic heterocycles. The van der Waals surface area contributed by atoms with Crippen LogP contribution in [0.25, 0.3) is 0 Å². The zero-order valence-electron chi connectivity index (χ0n) is 7.99. The van der Waals surface area contributed by atoms with Gasteiger partial charge in [-0.05, 0) is 0 Å². The largest absolute Gasteiger partial charge is 0.433 e. The lowest BCUT2D eigenvalue weighted by Crippen LogP contribution is -2.20. The van der Waals surface area contributed by atoms with Gasteiger partial charge in [-0.15, -0.1) is 6.58 Å². The summed E-state index contributed by atoms with van der Waals surface area (Å²) in [6.07, 6.45) is 3.85. The molecule has 0 aliphatic heterocycles. The molecule has 74 valence electrons. The van der Waals surface area contributed by atoms with Gasteiger partial charge in [-0.2, -0.15) is 0 Å². The summed E-state index contributed by atoms with van der Waals surface area (Å²) in [6, 6.07) is 0. The molecule has 0 spiro atoms. The topological polar surface area (TPSA) is 35.5 Å². The van der Waals surface area contributed by atoms with Crippen molar-refractivity contribution in [1.29, 1.82) is 0 Å². The van der Waals surface area contributed by atoms with Crippen LogP contribution in [0.5, 0.6) is 0 Å². The monoisotopic (exact) mass is 184 g/mol. The molecule has 13 heavy (non-hydrogen) atoms. The first-order chi connectivity index (χ1) is 6.24. The first-order valence-corrected chi connectivity index (χ1v) is 4.30. The third-order valence-corrected chi connectivity index (χ3v) is 1.34. The predicted molar refractivity (Wildman–Crippen MR) is 51.1 cm³/mol. The van der Waals surface area contributed by atoms with Crippen LogP contribution in [-0.2, 0) is 14.3 Å². The normalized spacial score (nSPS) is 11.8. The number of carbonyl (C=O) groups is 1. The van der Waals surface area contributed by atoms with Crippen molar-refractivity contribution in [3.8, 4) is 0 Å². The zero-order chi connectivity index (χ0) is 10.1. The van der Waals surface area contributed by atoms with E-state index in [0.717, 1.165) is 12.5 Å². The Kier molecular flexibility index (Phi) is 6.92. The number of carbonyl (C=O) groups excluding carboxylic acids is 1. The van der Waals surface area contributed by atoms with E-state index >= 15 is 0 Å². The molecule has 0 aromatic carbocycles. The smallest absolute Gasteiger partial charge is 0.332 e. The van der Waals surface area contributed by atoms with Gasteiger partial charge in [-0.3, -0.25) is 0 Å². The van der Waals surface area contributed by atoms with Crippen molar-refractivity contribution in [2.45, 2.75) is 26.1 Å². The van der Waals surface area contributed by atoms with Crippen molar-refractivity contribution in [2.75, 3.05) is 6.61 Å². The Morgan fingerprint density at radius 2 is 2.23 bits per heavy atom. The lowest BCUT2D eigenvalue weighted by molar-refractivity contribution is -0.171. The van der Waals surface area contributed by atoms with Crippen molar-refractivity contribution in [2.24, 2.45) is 0 Å². The molecule has 0 saturated heterocycles. The fraction of sp³-hybridized carbons (Fsp3) is 0.500. The second-order valence-electron chi connectivity index (χ2n) is 2.48. The Morgan fingerprint density at radius 3 is 2.69 bits per heavy atom. The molecule has 3 heteroatoms. The first kappa shape index (κ1) is 11.9. The summed E-state index contributed by atoms with van der Waals surface area (Å²) < 4.78 is 10.1. The van der Waals surface area contributed by atoms with E-state index in [-0.39, 0.29) is 0 Å². The highest BCUT2D eigenvalue weighted by Gasteiger charge is 2.10. The van der Waals surface area contributed by atoms with Crippen LogP contribution in [0.2, 0.25) is 0 Å². The molecule has 0 aliphatic carbocycles. The molecule has 1 atom stereocenters. The summed E-state index contributed by atoms with van der Waals surface area (Å²) in [4.78, 5) is 10.8. The number of rotatable bonds is 7. The molecule has 0 amide bonds. The van der Waals surface area contributed by atoms with Gasteiger partial charge in [0.05, 0.1) is 6.61 Å². The highest BCUT2D eigenvalue weighted by atomic mass is 16.7. The summed E-state index contributed by atoms with van der Waals surface area (Å²) >= 11 is 0. The van der Waals surface area contributed by atoms with Crippen LogP contribution < -0.4 is 0 Å². The van der Waals surface area contributed by atoms with Gasteiger partial charge >= 0.3 is 5.97 Å². The number of esters is 1. The summed E-state index contributed by atoms with van der Waals surface area (Å²) in [5.74, 6) is -0.456. The minimum atomic E-state index is -0.478. The van der Waals surface area contributed by atoms with Gasteiger partial charge in [0.2, 0.25) is 6.29 Å². The maximum Gasteiger partial charge on any atom is 0.332 e. The number of ether oxygens (including phenoxy) is 2. The van der Waals surface area contributed by atoms with Crippen LogP contribution in [0.1, 0.15) is 19.8 Å². The molecule has 0 fully saturated rings. The van der Waals surface area contributed by atoms with Crippen LogP contribution >= 0.6 is 0 Å². The maximum absolute atomic E-state index is 10.8. The molecule has 0 saturated carbocycles. The van der Waals surface area contributed by atoms with E-state index in [1.54, 1.807) is 6.08 Å². The fourth-order valence-corrected chi connectivity index (χ4v) is 0.765. The first-order valence-electron chi connectivity index (χ1n) is 4.30. The standard InChI is InChI=1S/C10H16O3/c1-4-7-10(12-8-5-2)13-9(11)6-3/h5-6,10H,2-4,7-8H2,1H3. The minimum Gasteiger partial charge on any atom is -0.433 e. The van der Waals surface area contributed by atoms with E-state index in [9.17, 15) is 4.79 Å². The van der Waals surface area contributed by atoms with Crippen LogP contribution in [0.15, 0.2) is 25.3 Å². The minimum absolute atomic E-state index is 0.384. The zero-order valence-corrected chi connectivity index (χ0v) is 7.99. The summed E-state index contributed by atoms with van der Waals surface area (Å²) in [7, 11) is 0. The van der Waals surface area contributed by atoms with E-state index in [0.29, 0.717) is 13.0 Å². The van der Waals surface area contributed by atoms with Crippen molar-refractivity contribution < 1.29 is 14.3 Å². The quantitative estimate of drug-likeness (QED) is 0.263. The number of hydrogen-bond donors (Lipinski definition) is 0. The summed E-state index contributed by atoms with van der Waals surface area (Å²) in [6.45, 7) is 9.19. The Labute approximate surface area is 79.0 Å². The molecule has 0 bridgehead atoms. The third kappa shape index (κ3) is 6.11. The predicted octanol–water partition coefficient (Wildman–Crippen LogP) is 2.04. The molecule has 0 radical (unpaired) electrons. The van der Waals surface area contributed by atoms with Crippen LogP contribution in [0.3, 0.4) is 0 Å².